The fraction of sp³-hybridized carbons (Fsp3) is 0.293. The van der Waals surface area contributed by atoms with E-state index in [1.54, 1.807) is 18.6 Å². The van der Waals surface area contributed by atoms with E-state index in [0.29, 0.717) is 0 Å². The Hall–Kier alpha value is -11.1. The molecule has 0 saturated heterocycles. The summed E-state index contributed by atoms with van der Waals surface area (Å²) in [4.78, 5) is 51.3. The van der Waals surface area contributed by atoms with Gasteiger partial charge in [0.15, 0.2) is 0 Å². The van der Waals surface area contributed by atoms with Gasteiger partial charge in [-0.15, -0.1) is 0 Å². The van der Waals surface area contributed by atoms with Crippen molar-refractivity contribution in [2.45, 2.75) is 187 Å². The number of aromatic nitrogens is 13. The van der Waals surface area contributed by atoms with Gasteiger partial charge in [0.2, 0.25) is 0 Å². The zero-order valence-electron chi connectivity index (χ0n) is 68.7. The summed E-state index contributed by atoms with van der Waals surface area (Å²) in [6, 6.07) is 57.4. The van der Waals surface area contributed by atoms with Crippen molar-refractivity contribution in [3.63, 3.8) is 0 Å². The highest BCUT2D eigenvalue weighted by molar-refractivity contribution is 5.86. The SMILES string of the molecule is CC.CC.CC.CC.CC.CC.CC.CC.CC.Cc1cccc2cccnc12.Cc1cccc2ccncc12.Cc1cccc2cnccc12.Cc1cccc2ncccc12.Cc1ccnc2ccccc12.Cc1ccncn1.Cc1cncc2ccccc12.Cc1cncnc1.Cc1ncncn1. The number of rotatable bonds is 0. The molecule has 15 rings (SSSR count). The van der Waals surface area contributed by atoms with Crippen molar-refractivity contribution >= 4 is 65.0 Å². The van der Waals surface area contributed by atoms with Gasteiger partial charge in [-0.1, -0.05) is 246 Å². The predicted molar refractivity (Wildman–Crippen MR) is 459 cm³/mol. The average Bonchev–Trinajstić information content (AvgIpc) is 0.894. The van der Waals surface area contributed by atoms with Crippen molar-refractivity contribution in [2.24, 2.45) is 0 Å². The van der Waals surface area contributed by atoms with Gasteiger partial charge >= 0.3 is 0 Å². The van der Waals surface area contributed by atoms with Crippen LogP contribution < -0.4 is 0 Å². The van der Waals surface area contributed by atoms with Gasteiger partial charge in [-0.2, -0.15) is 0 Å². The molecule has 558 valence electrons. The minimum absolute atomic E-state index is 0.759. The number of benzene rings is 6. The fourth-order valence-electron chi connectivity index (χ4n) is 8.60. The number of para-hydroxylation sites is 2. The molecule has 0 unspecified atom stereocenters. The second-order valence-corrected chi connectivity index (χ2v) is 19.9. The van der Waals surface area contributed by atoms with Gasteiger partial charge in [-0.25, -0.2) is 34.9 Å². The summed E-state index contributed by atoms with van der Waals surface area (Å²) in [6.07, 6.45) is 28.0. The highest BCUT2D eigenvalue weighted by Crippen LogP contribution is 2.19. The number of aryl methyl sites for hydroxylation is 9. The second-order valence-electron chi connectivity index (χ2n) is 19.9. The molecule has 0 aliphatic heterocycles. The predicted octanol–water partition coefficient (Wildman–Crippen LogP) is 26.2. The minimum atomic E-state index is 0.759. The summed E-state index contributed by atoms with van der Waals surface area (Å²) in [7, 11) is 0. The van der Waals surface area contributed by atoms with Crippen LogP contribution in [0, 0.1) is 62.3 Å². The van der Waals surface area contributed by atoms with E-state index in [1.807, 2.05) is 274 Å². The summed E-state index contributed by atoms with van der Waals surface area (Å²) < 4.78 is 0. The van der Waals surface area contributed by atoms with Crippen LogP contribution in [0.5, 0.6) is 0 Å². The number of fused-ring (bicyclic) bond motifs is 6. The summed E-state index contributed by atoms with van der Waals surface area (Å²) >= 11 is 0. The van der Waals surface area contributed by atoms with Crippen LogP contribution in [0.2, 0.25) is 0 Å². The highest BCUT2D eigenvalue weighted by atomic mass is 15.0. The van der Waals surface area contributed by atoms with Crippen molar-refractivity contribution < 1.29 is 0 Å². The molecule has 13 heteroatoms. The average molecular weight is 1410 g/mol. The zero-order chi connectivity index (χ0) is 79.4. The van der Waals surface area contributed by atoms with E-state index in [1.165, 1.54) is 107 Å². The van der Waals surface area contributed by atoms with Crippen LogP contribution in [0.25, 0.3) is 65.0 Å². The van der Waals surface area contributed by atoms with E-state index < -0.39 is 0 Å². The lowest BCUT2D eigenvalue weighted by Gasteiger charge is -1.98. The van der Waals surface area contributed by atoms with Gasteiger partial charge in [0, 0.05) is 112 Å². The van der Waals surface area contributed by atoms with Crippen molar-refractivity contribution in [1.82, 2.24) is 64.8 Å². The van der Waals surface area contributed by atoms with Crippen molar-refractivity contribution in [3.05, 3.63) is 320 Å². The molecule has 6 aromatic carbocycles. The van der Waals surface area contributed by atoms with Crippen molar-refractivity contribution in [3.8, 4) is 0 Å². The normalized spacial score (nSPS) is 8.71. The highest BCUT2D eigenvalue weighted by Gasteiger charge is 1.98. The van der Waals surface area contributed by atoms with E-state index in [2.05, 4.69) is 203 Å². The van der Waals surface area contributed by atoms with Crippen molar-refractivity contribution in [2.75, 3.05) is 0 Å². The smallest absolute Gasteiger partial charge is 0.128 e. The Morgan fingerprint density at radius 2 is 0.610 bits per heavy atom. The summed E-state index contributed by atoms with van der Waals surface area (Å²) in [5, 5.41) is 11.2. The first kappa shape index (κ1) is 98.1. The molecule has 0 bridgehead atoms. The van der Waals surface area contributed by atoms with Gasteiger partial charge < -0.3 is 0 Å². The van der Waals surface area contributed by atoms with Crippen LogP contribution in [0.15, 0.2) is 270 Å². The fourth-order valence-corrected chi connectivity index (χ4v) is 8.60. The van der Waals surface area contributed by atoms with E-state index in [9.17, 15) is 0 Å². The number of nitrogens with zero attached hydrogens (tertiary/aromatic N) is 13. The lowest BCUT2D eigenvalue weighted by molar-refractivity contribution is 0.974. The molecule has 15 aromatic rings. The molecule has 0 fully saturated rings. The molecule has 9 heterocycles. The monoisotopic (exact) mass is 1410 g/mol. The van der Waals surface area contributed by atoms with Crippen LogP contribution in [0.4, 0.5) is 0 Å². The summed E-state index contributed by atoms with van der Waals surface area (Å²) in [5.74, 6) is 0.759. The van der Waals surface area contributed by atoms with E-state index in [4.69, 9.17) is 0 Å². The molecule has 9 aromatic heterocycles. The van der Waals surface area contributed by atoms with Crippen LogP contribution in [0.3, 0.4) is 0 Å². The topological polar surface area (TPSA) is 168 Å². The maximum Gasteiger partial charge on any atom is 0.128 e. The third kappa shape index (κ3) is 39.8. The molecule has 0 atom stereocenters. The zero-order valence-corrected chi connectivity index (χ0v) is 68.7. The third-order valence-corrected chi connectivity index (χ3v) is 13.3. The molecule has 0 aliphatic carbocycles. The Bertz CT molecular complexity index is 3760. The maximum atomic E-state index is 4.28. The summed E-state index contributed by atoms with van der Waals surface area (Å²) in [6.45, 7) is 54.3. The molecule has 0 radical (unpaired) electrons. The van der Waals surface area contributed by atoms with Gasteiger partial charge in [0.25, 0.3) is 0 Å². The maximum absolute atomic E-state index is 4.28. The van der Waals surface area contributed by atoms with Gasteiger partial charge in [0.1, 0.15) is 31.1 Å². The third-order valence-electron chi connectivity index (χ3n) is 13.3. The molecule has 0 amide bonds. The molecule has 0 spiro atoms. The number of hydrogen-bond acceptors (Lipinski definition) is 13. The lowest BCUT2D eigenvalue weighted by Crippen LogP contribution is -1.84. The Morgan fingerprint density at radius 3 is 1.12 bits per heavy atom. The van der Waals surface area contributed by atoms with Gasteiger partial charge in [0.05, 0.1) is 16.6 Å². The van der Waals surface area contributed by atoms with E-state index in [-0.39, 0.29) is 0 Å². The first-order chi connectivity index (χ1) is 51.4. The van der Waals surface area contributed by atoms with E-state index >= 15 is 0 Å². The Balaban J connectivity index is -0.00000109. The largest absolute Gasteiger partial charge is 0.264 e. The van der Waals surface area contributed by atoms with Crippen LogP contribution in [-0.4, -0.2) is 64.8 Å². The number of hydrogen-bond donors (Lipinski definition) is 0. The van der Waals surface area contributed by atoms with Gasteiger partial charge in [-0.05, 0) is 166 Å². The molecule has 105 heavy (non-hydrogen) atoms. The Labute approximate surface area is 633 Å². The quantitative estimate of drug-likeness (QED) is 0.141. The molecular weight excluding hydrogens is 1290 g/mol. The molecular formula is C92H125N13. The van der Waals surface area contributed by atoms with E-state index in [0.717, 1.165) is 33.6 Å². The Morgan fingerprint density at radius 1 is 0.200 bits per heavy atom. The van der Waals surface area contributed by atoms with Crippen LogP contribution in [-0.2, 0) is 0 Å². The number of pyridine rings is 6. The first-order valence-corrected chi connectivity index (χ1v) is 37.3. The molecule has 0 N–H and O–H groups in total. The van der Waals surface area contributed by atoms with Crippen LogP contribution >= 0.6 is 0 Å². The Kier molecular flexibility index (Phi) is 61.9. The van der Waals surface area contributed by atoms with Crippen molar-refractivity contribution in [1.29, 1.82) is 0 Å². The summed E-state index contributed by atoms with van der Waals surface area (Å²) in [5.41, 5.74) is 13.0. The van der Waals surface area contributed by atoms with Crippen LogP contribution in [0.1, 0.15) is 175 Å². The second kappa shape index (κ2) is 66.2. The lowest BCUT2D eigenvalue weighted by atomic mass is 10.1. The van der Waals surface area contributed by atoms with Gasteiger partial charge in [-0.3, -0.25) is 29.9 Å². The minimum Gasteiger partial charge on any atom is -0.264 e. The standard InChI is InChI=1S/6C10H9N.2C5H6N2.C4H5N3.9C2H6/c1-8-4-2-6-10-9(8)5-3-7-11-10;1-8-4-2-5-9-6-3-7-11-10(8)9;1-8-3-2-4-9-7-11-6-5-10(8)9;1-8-3-2-4-9-5-6-11-7-10(8)9;1-8-6-11-7-9-4-2-3-5-10(8)9;1-8-6-7-11-10-5-3-2-4-9(8)10;1-5-2-6-4-7-3-5;1-5-2-3-6-4-7-5;1-4-6-2-5-3-7-4;9*1-2/h6*2-7H,1H3;2*2-4H,1H3;2-3H,1H3;9*1-2H3. The molecule has 0 saturated carbocycles. The first-order valence-electron chi connectivity index (χ1n) is 37.3. The molecule has 0 aliphatic rings. The molecule has 13 nitrogen and oxygen atoms in total.